The molecule has 2 aromatic heterocycles. The second-order valence-electron chi connectivity index (χ2n) is 7.30. The van der Waals surface area contributed by atoms with Crippen LogP contribution in [-0.2, 0) is 22.6 Å². The standard InChI is InChI=1S/C20H24N2O3/c23-19(11-18-7-4-10-25-18)22-12-16-5-3-8-20(16,14-22)15-24-13-17-6-1-2-9-21-17/h1-2,4,6-7,9-10,16H,3,5,8,11-15H2/t16-,20+/m1/s1. The van der Waals surface area contributed by atoms with E-state index in [1.807, 2.05) is 35.2 Å². The number of carbonyl (C=O) groups is 1. The van der Waals surface area contributed by atoms with Crippen LogP contribution in [0, 0.1) is 11.3 Å². The minimum Gasteiger partial charge on any atom is -0.469 e. The number of nitrogens with zero attached hydrogens (tertiary/aromatic N) is 2. The molecule has 2 aliphatic rings. The Hall–Kier alpha value is -2.14. The summed E-state index contributed by atoms with van der Waals surface area (Å²) in [7, 11) is 0. The smallest absolute Gasteiger partial charge is 0.230 e. The number of pyridine rings is 1. The van der Waals surface area contributed by atoms with Gasteiger partial charge in [0.1, 0.15) is 5.76 Å². The molecule has 0 radical (unpaired) electrons. The molecule has 1 aliphatic carbocycles. The molecule has 132 valence electrons. The van der Waals surface area contributed by atoms with Crippen LogP contribution in [0.5, 0.6) is 0 Å². The van der Waals surface area contributed by atoms with Gasteiger partial charge in [-0.05, 0) is 43.0 Å². The van der Waals surface area contributed by atoms with Crippen molar-refractivity contribution >= 4 is 5.91 Å². The fourth-order valence-electron chi connectivity index (χ4n) is 4.36. The molecule has 1 saturated carbocycles. The van der Waals surface area contributed by atoms with Gasteiger partial charge in [-0.3, -0.25) is 9.78 Å². The molecule has 2 atom stereocenters. The van der Waals surface area contributed by atoms with Crippen LogP contribution in [0.4, 0.5) is 0 Å². The molecular formula is C20H24N2O3. The number of aromatic nitrogens is 1. The molecule has 2 fully saturated rings. The number of rotatable bonds is 6. The van der Waals surface area contributed by atoms with Gasteiger partial charge in [-0.1, -0.05) is 12.5 Å². The van der Waals surface area contributed by atoms with Gasteiger partial charge in [-0.2, -0.15) is 0 Å². The van der Waals surface area contributed by atoms with Crippen molar-refractivity contribution < 1.29 is 13.9 Å². The zero-order valence-electron chi connectivity index (χ0n) is 14.4. The molecule has 0 bridgehead atoms. The SMILES string of the molecule is O=C(Cc1ccco1)N1C[C@H]2CCC[C@@]2(COCc2ccccn2)C1. The number of likely N-dealkylation sites (tertiary alicyclic amines) is 1. The third kappa shape index (κ3) is 3.47. The first-order chi connectivity index (χ1) is 12.3. The maximum Gasteiger partial charge on any atom is 0.230 e. The van der Waals surface area contributed by atoms with Crippen LogP contribution >= 0.6 is 0 Å². The van der Waals surface area contributed by atoms with Crippen LogP contribution in [0.15, 0.2) is 47.2 Å². The molecule has 2 aromatic rings. The molecule has 4 rings (SSSR count). The molecule has 25 heavy (non-hydrogen) atoms. The van der Waals surface area contributed by atoms with Crippen molar-refractivity contribution in [3.05, 3.63) is 54.2 Å². The second kappa shape index (κ2) is 7.00. The lowest BCUT2D eigenvalue weighted by atomic mass is 9.81. The van der Waals surface area contributed by atoms with E-state index in [-0.39, 0.29) is 11.3 Å². The van der Waals surface area contributed by atoms with Gasteiger partial charge in [-0.15, -0.1) is 0 Å². The lowest BCUT2D eigenvalue weighted by Gasteiger charge is -2.28. The fourth-order valence-corrected chi connectivity index (χ4v) is 4.36. The Morgan fingerprint density at radius 2 is 2.32 bits per heavy atom. The third-order valence-electron chi connectivity index (χ3n) is 5.66. The Morgan fingerprint density at radius 1 is 1.36 bits per heavy atom. The van der Waals surface area contributed by atoms with Crippen LogP contribution in [0.3, 0.4) is 0 Å². The number of ether oxygens (including phenoxy) is 1. The summed E-state index contributed by atoms with van der Waals surface area (Å²) in [5.41, 5.74) is 1.07. The van der Waals surface area contributed by atoms with Gasteiger partial charge in [0.05, 0.1) is 31.6 Å². The minimum absolute atomic E-state index is 0.119. The van der Waals surface area contributed by atoms with Crippen molar-refractivity contribution in [1.29, 1.82) is 0 Å². The zero-order valence-corrected chi connectivity index (χ0v) is 14.4. The summed E-state index contributed by atoms with van der Waals surface area (Å²) in [5.74, 6) is 1.45. The maximum absolute atomic E-state index is 12.6. The average Bonchev–Trinajstić information content (AvgIpc) is 3.31. The highest BCUT2D eigenvalue weighted by Gasteiger charge is 2.50. The molecule has 0 spiro atoms. The number of hydrogen-bond donors (Lipinski definition) is 0. The summed E-state index contributed by atoms with van der Waals surface area (Å²) in [5, 5.41) is 0. The van der Waals surface area contributed by atoms with Gasteiger partial charge in [0.25, 0.3) is 0 Å². The predicted octanol–water partition coefficient (Wildman–Crippen LogP) is 3.06. The highest BCUT2D eigenvalue weighted by atomic mass is 16.5. The lowest BCUT2D eigenvalue weighted by Crippen LogP contribution is -2.35. The lowest BCUT2D eigenvalue weighted by molar-refractivity contribution is -0.130. The van der Waals surface area contributed by atoms with Gasteiger partial charge in [0.2, 0.25) is 5.91 Å². The summed E-state index contributed by atoms with van der Waals surface area (Å²) in [6.07, 6.45) is 7.33. The largest absolute Gasteiger partial charge is 0.469 e. The predicted molar refractivity (Wildman–Crippen MR) is 92.7 cm³/mol. The fraction of sp³-hybridized carbons (Fsp3) is 0.500. The van der Waals surface area contributed by atoms with E-state index in [4.69, 9.17) is 9.15 Å². The third-order valence-corrected chi connectivity index (χ3v) is 5.66. The van der Waals surface area contributed by atoms with Crippen molar-refractivity contribution in [2.24, 2.45) is 11.3 Å². The molecule has 0 N–H and O–H groups in total. The summed E-state index contributed by atoms with van der Waals surface area (Å²) in [6.45, 7) is 2.90. The Bertz CT molecular complexity index is 701. The first-order valence-electron chi connectivity index (χ1n) is 9.03. The summed E-state index contributed by atoms with van der Waals surface area (Å²) in [4.78, 5) is 18.9. The second-order valence-corrected chi connectivity index (χ2v) is 7.30. The number of furan rings is 1. The van der Waals surface area contributed by atoms with E-state index in [0.29, 0.717) is 25.6 Å². The van der Waals surface area contributed by atoms with Gasteiger partial charge in [0, 0.05) is 24.7 Å². The number of carbonyl (C=O) groups excluding carboxylic acids is 1. The molecule has 5 heteroatoms. The number of hydrogen-bond acceptors (Lipinski definition) is 4. The van der Waals surface area contributed by atoms with Crippen LogP contribution in [0.2, 0.25) is 0 Å². The first kappa shape index (κ1) is 16.3. The van der Waals surface area contributed by atoms with Gasteiger partial charge < -0.3 is 14.1 Å². The first-order valence-corrected chi connectivity index (χ1v) is 9.03. The van der Waals surface area contributed by atoms with Gasteiger partial charge in [-0.25, -0.2) is 0 Å². The quantitative estimate of drug-likeness (QED) is 0.811. The summed E-state index contributed by atoms with van der Waals surface area (Å²) >= 11 is 0. The van der Waals surface area contributed by atoms with E-state index in [0.717, 1.165) is 31.0 Å². The Labute approximate surface area is 148 Å². The van der Waals surface area contributed by atoms with Crippen LogP contribution in [0.25, 0.3) is 0 Å². The molecular weight excluding hydrogens is 316 g/mol. The van der Waals surface area contributed by atoms with E-state index in [1.54, 1.807) is 12.5 Å². The Morgan fingerprint density at radius 3 is 3.12 bits per heavy atom. The zero-order chi connectivity index (χ0) is 17.1. The van der Waals surface area contributed by atoms with Gasteiger partial charge in [0.15, 0.2) is 0 Å². The molecule has 0 aromatic carbocycles. The molecule has 5 nitrogen and oxygen atoms in total. The van der Waals surface area contributed by atoms with Crippen LogP contribution in [0.1, 0.15) is 30.7 Å². The van der Waals surface area contributed by atoms with E-state index in [9.17, 15) is 4.79 Å². The van der Waals surface area contributed by atoms with E-state index >= 15 is 0 Å². The molecule has 3 heterocycles. The van der Waals surface area contributed by atoms with Gasteiger partial charge >= 0.3 is 0 Å². The summed E-state index contributed by atoms with van der Waals surface area (Å²) in [6, 6.07) is 9.56. The average molecular weight is 340 g/mol. The van der Waals surface area contributed by atoms with E-state index in [2.05, 4.69) is 4.98 Å². The molecule has 1 saturated heterocycles. The van der Waals surface area contributed by atoms with E-state index < -0.39 is 0 Å². The van der Waals surface area contributed by atoms with Crippen molar-refractivity contribution in [1.82, 2.24) is 9.88 Å². The van der Waals surface area contributed by atoms with Crippen LogP contribution < -0.4 is 0 Å². The van der Waals surface area contributed by atoms with Crippen LogP contribution in [-0.4, -0.2) is 35.5 Å². The van der Waals surface area contributed by atoms with Crippen molar-refractivity contribution in [3.8, 4) is 0 Å². The Balaban J connectivity index is 1.36. The normalized spacial score (nSPS) is 25.3. The maximum atomic E-state index is 12.6. The highest BCUT2D eigenvalue weighted by Crippen LogP contribution is 2.49. The highest BCUT2D eigenvalue weighted by molar-refractivity contribution is 5.78. The minimum atomic E-state index is 0.119. The molecule has 1 amide bonds. The molecule has 1 aliphatic heterocycles. The summed E-state index contributed by atoms with van der Waals surface area (Å²) < 4.78 is 11.3. The number of amides is 1. The van der Waals surface area contributed by atoms with Crippen molar-refractivity contribution in [3.63, 3.8) is 0 Å². The molecule has 0 unspecified atom stereocenters. The monoisotopic (exact) mass is 340 g/mol. The topological polar surface area (TPSA) is 55.6 Å². The van der Waals surface area contributed by atoms with Crippen molar-refractivity contribution in [2.75, 3.05) is 19.7 Å². The van der Waals surface area contributed by atoms with E-state index in [1.165, 1.54) is 12.8 Å². The Kier molecular flexibility index (Phi) is 4.57. The van der Waals surface area contributed by atoms with Crippen molar-refractivity contribution in [2.45, 2.75) is 32.3 Å². The number of fused-ring (bicyclic) bond motifs is 1.